The lowest BCUT2D eigenvalue weighted by Crippen LogP contribution is -2.07. The molecule has 0 fully saturated rings. The lowest BCUT2D eigenvalue weighted by Gasteiger charge is -2.11. The van der Waals surface area contributed by atoms with Crippen LogP contribution in [0.5, 0.6) is 5.75 Å². The third-order valence-corrected chi connectivity index (χ3v) is 2.92. The minimum absolute atomic E-state index is 0.0437. The van der Waals surface area contributed by atoms with Gasteiger partial charge in [0.2, 0.25) is 9.05 Å². The zero-order valence-electron chi connectivity index (χ0n) is 8.58. The average Bonchev–Trinajstić information content (AvgIpc) is 2.13. The van der Waals surface area contributed by atoms with Gasteiger partial charge in [0.05, 0.1) is 18.4 Å². The highest BCUT2D eigenvalue weighted by Gasteiger charge is 2.31. The van der Waals surface area contributed by atoms with Crippen LogP contribution in [0.3, 0.4) is 0 Å². The number of benzene rings is 1. The van der Waals surface area contributed by atoms with Crippen LogP contribution in [0.4, 0.5) is 13.2 Å². The largest absolute Gasteiger partial charge is 0.496 e. The van der Waals surface area contributed by atoms with E-state index in [9.17, 15) is 21.6 Å². The maximum Gasteiger partial charge on any atom is 0.416 e. The molecule has 0 aliphatic heterocycles. The highest BCUT2D eigenvalue weighted by molar-refractivity contribution is 8.13. The molecule has 1 aromatic rings. The Morgan fingerprint density at radius 1 is 1.35 bits per heavy atom. The van der Waals surface area contributed by atoms with Crippen LogP contribution in [0.25, 0.3) is 0 Å². The van der Waals surface area contributed by atoms with Crippen LogP contribution in [0, 0.1) is 0 Å². The molecule has 0 heterocycles. The number of halogens is 4. The number of hydrogen-bond acceptors (Lipinski definition) is 3. The molecule has 0 aliphatic rings. The Kier molecular flexibility index (Phi) is 3.93. The van der Waals surface area contributed by atoms with E-state index in [2.05, 4.69) is 0 Å². The van der Waals surface area contributed by atoms with E-state index in [4.69, 9.17) is 15.4 Å². The van der Waals surface area contributed by atoms with Crippen molar-refractivity contribution in [3.63, 3.8) is 0 Å². The van der Waals surface area contributed by atoms with Gasteiger partial charge in [-0.3, -0.25) is 0 Å². The summed E-state index contributed by atoms with van der Waals surface area (Å²) in [6, 6.07) is 2.57. The summed E-state index contributed by atoms with van der Waals surface area (Å²) in [7, 11) is 2.28. The van der Waals surface area contributed by atoms with E-state index in [1.54, 1.807) is 0 Å². The van der Waals surface area contributed by atoms with Crippen LogP contribution in [0.1, 0.15) is 11.1 Å². The second kappa shape index (κ2) is 4.73. The van der Waals surface area contributed by atoms with Gasteiger partial charge in [-0.15, -0.1) is 0 Å². The van der Waals surface area contributed by atoms with Gasteiger partial charge in [0.15, 0.2) is 0 Å². The zero-order valence-corrected chi connectivity index (χ0v) is 10.2. The van der Waals surface area contributed by atoms with Gasteiger partial charge in [0.1, 0.15) is 5.75 Å². The third kappa shape index (κ3) is 4.08. The first kappa shape index (κ1) is 14.1. The average molecular weight is 289 g/mol. The van der Waals surface area contributed by atoms with Crippen LogP contribution in [-0.2, 0) is 21.0 Å². The fraction of sp³-hybridized carbons (Fsp3) is 0.333. The standard InChI is InChI=1S/C9H8ClF3O3S/c1-16-8-3-2-7(9(11,12)13)4-6(8)5-17(10,14)15/h2-4H,5H2,1H3. The highest BCUT2D eigenvalue weighted by Crippen LogP contribution is 2.33. The molecule has 1 aromatic carbocycles. The van der Waals surface area contributed by atoms with Gasteiger partial charge >= 0.3 is 6.18 Å². The fourth-order valence-electron chi connectivity index (χ4n) is 1.25. The Morgan fingerprint density at radius 3 is 2.35 bits per heavy atom. The van der Waals surface area contributed by atoms with Gasteiger partial charge in [-0.25, -0.2) is 8.42 Å². The summed E-state index contributed by atoms with van der Waals surface area (Å²) in [5.41, 5.74) is -1.08. The maximum atomic E-state index is 12.4. The molecule has 0 spiro atoms. The molecule has 0 radical (unpaired) electrons. The van der Waals surface area contributed by atoms with Crippen molar-refractivity contribution in [3.8, 4) is 5.75 Å². The Morgan fingerprint density at radius 2 is 1.94 bits per heavy atom. The Labute approximate surface area is 101 Å². The molecule has 0 saturated carbocycles. The monoisotopic (exact) mass is 288 g/mol. The summed E-state index contributed by atoms with van der Waals surface area (Å²) in [5, 5.41) is 0. The first-order chi connectivity index (χ1) is 7.63. The number of hydrogen-bond donors (Lipinski definition) is 0. The quantitative estimate of drug-likeness (QED) is 0.803. The van der Waals surface area contributed by atoms with Crippen molar-refractivity contribution in [2.45, 2.75) is 11.9 Å². The number of rotatable bonds is 3. The lowest BCUT2D eigenvalue weighted by molar-refractivity contribution is -0.137. The molecule has 17 heavy (non-hydrogen) atoms. The number of alkyl halides is 3. The van der Waals surface area contributed by atoms with Crippen molar-refractivity contribution in [1.82, 2.24) is 0 Å². The minimum atomic E-state index is -4.54. The predicted molar refractivity (Wildman–Crippen MR) is 56.5 cm³/mol. The second-order valence-corrected chi connectivity index (χ2v) is 5.98. The molecule has 0 saturated heterocycles. The van der Waals surface area contributed by atoms with Crippen LogP contribution in [0.2, 0.25) is 0 Å². The van der Waals surface area contributed by atoms with Crippen LogP contribution in [0.15, 0.2) is 18.2 Å². The van der Waals surface area contributed by atoms with E-state index < -0.39 is 26.5 Å². The first-order valence-corrected chi connectivity index (χ1v) is 6.78. The predicted octanol–water partition coefficient (Wildman–Crippen LogP) is 2.78. The van der Waals surface area contributed by atoms with E-state index in [0.29, 0.717) is 6.07 Å². The Bertz CT molecular complexity index is 511. The van der Waals surface area contributed by atoms with E-state index in [0.717, 1.165) is 12.1 Å². The Hall–Kier alpha value is -0.950. The van der Waals surface area contributed by atoms with Gasteiger partial charge in [-0.05, 0) is 18.2 Å². The van der Waals surface area contributed by atoms with Crippen LogP contribution < -0.4 is 4.74 Å². The van der Waals surface area contributed by atoms with Crippen molar-refractivity contribution >= 4 is 19.7 Å². The Balaban J connectivity index is 3.25. The van der Waals surface area contributed by atoms with Crippen molar-refractivity contribution in [2.75, 3.05) is 7.11 Å². The van der Waals surface area contributed by atoms with E-state index in [-0.39, 0.29) is 11.3 Å². The zero-order chi connectivity index (χ0) is 13.3. The SMILES string of the molecule is COc1ccc(C(F)(F)F)cc1CS(=O)(=O)Cl. The van der Waals surface area contributed by atoms with Gasteiger partial charge in [-0.1, -0.05) is 0 Å². The van der Waals surface area contributed by atoms with Crippen LogP contribution in [-0.4, -0.2) is 15.5 Å². The molecule has 1 rings (SSSR count). The molecular weight excluding hydrogens is 281 g/mol. The van der Waals surface area contributed by atoms with Crippen LogP contribution >= 0.6 is 10.7 Å². The summed E-state index contributed by atoms with van der Waals surface area (Å²) >= 11 is 0. The van der Waals surface area contributed by atoms with Gasteiger partial charge in [-0.2, -0.15) is 13.2 Å². The van der Waals surface area contributed by atoms with Gasteiger partial charge in [0, 0.05) is 16.2 Å². The normalized spacial score (nSPS) is 12.5. The molecule has 0 unspecified atom stereocenters. The van der Waals surface area contributed by atoms with E-state index >= 15 is 0 Å². The molecule has 0 atom stereocenters. The molecule has 0 amide bonds. The number of methoxy groups -OCH3 is 1. The van der Waals surface area contributed by atoms with Crippen molar-refractivity contribution in [1.29, 1.82) is 0 Å². The molecule has 0 bridgehead atoms. The summed E-state index contributed by atoms with van der Waals surface area (Å²) in [4.78, 5) is 0. The summed E-state index contributed by atoms with van der Waals surface area (Å²) < 4.78 is 63.7. The summed E-state index contributed by atoms with van der Waals surface area (Å²) in [6.45, 7) is 0. The van der Waals surface area contributed by atoms with Crippen molar-refractivity contribution in [3.05, 3.63) is 29.3 Å². The van der Waals surface area contributed by atoms with E-state index in [1.807, 2.05) is 0 Å². The number of ether oxygens (including phenoxy) is 1. The van der Waals surface area contributed by atoms with Gasteiger partial charge < -0.3 is 4.74 Å². The smallest absolute Gasteiger partial charge is 0.416 e. The maximum absolute atomic E-state index is 12.4. The fourth-order valence-corrected chi connectivity index (χ4v) is 2.20. The molecular formula is C9H8ClF3O3S. The summed E-state index contributed by atoms with van der Waals surface area (Å²) in [5.74, 6) is -0.677. The molecule has 0 aromatic heterocycles. The molecule has 0 aliphatic carbocycles. The minimum Gasteiger partial charge on any atom is -0.496 e. The topological polar surface area (TPSA) is 43.4 Å². The highest BCUT2D eigenvalue weighted by atomic mass is 35.7. The second-order valence-electron chi connectivity index (χ2n) is 3.21. The van der Waals surface area contributed by atoms with Crippen molar-refractivity contribution in [2.24, 2.45) is 0 Å². The molecule has 3 nitrogen and oxygen atoms in total. The molecule has 96 valence electrons. The lowest BCUT2D eigenvalue weighted by atomic mass is 10.1. The third-order valence-electron chi connectivity index (χ3n) is 1.94. The summed E-state index contributed by atoms with van der Waals surface area (Å²) in [6.07, 6.45) is -4.54. The molecule has 0 N–H and O–H groups in total. The molecule has 8 heteroatoms. The first-order valence-electron chi connectivity index (χ1n) is 4.30. The van der Waals surface area contributed by atoms with Gasteiger partial charge in [0.25, 0.3) is 0 Å². The van der Waals surface area contributed by atoms with E-state index in [1.165, 1.54) is 7.11 Å². The van der Waals surface area contributed by atoms with Crippen molar-refractivity contribution < 1.29 is 26.3 Å².